The summed E-state index contributed by atoms with van der Waals surface area (Å²) in [7, 11) is -4.50. The Balaban J connectivity index is 1.63. The number of hydrogen-bond acceptors (Lipinski definition) is 7. The van der Waals surface area contributed by atoms with Crippen LogP contribution in [0.1, 0.15) is 44.1 Å². The predicted molar refractivity (Wildman–Crippen MR) is 117 cm³/mol. The highest BCUT2D eigenvalue weighted by molar-refractivity contribution is 7.92. The van der Waals surface area contributed by atoms with Crippen molar-refractivity contribution in [2.45, 2.75) is 49.5 Å². The van der Waals surface area contributed by atoms with Gasteiger partial charge in [0.1, 0.15) is 29.3 Å². The molecule has 3 aromatic rings. The maximum atomic E-state index is 14.8. The molecular weight excluding hydrogens is 460 g/mol. The standard InChI is InChI=1S/C20H23F2N5O3S2/c1-11-4-2-3-5-16(18(11)13-8-25-26-20(13)23)30-12-6-14(21)19(15(22)7-12)32(28,29)27-17-9-31-10-24-17/h6-11,16,18,27H,2-5H2,1H3,(H3,23,25,26)/t11-,16+,18-/m1/s1. The van der Waals surface area contributed by atoms with Crippen LogP contribution in [0.3, 0.4) is 0 Å². The number of thiazole rings is 1. The zero-order valence-electron chi connectivity index (χ0n) is 17.2. The summed E-state index contributed by atoms with van der Waals surface area (Å²) in [6.07, 6.45) is 4.82. The lowest BCUT2D eigenvalue weighted by molar-refractivity contribution is 0.142. The van der Waals surface area contributed by atoms with Crippen LogP contribution in [0, 0.1) is 17.6 Å². The van der Waals surface area contributed by atoms with E-state index in [1.165, 1.54) is 10.9 Å². The van der Waals surface area contributed by atoms with Crippen molar-refractivity contribution in [2.75, 3.05) is 10.5 Å². The van der Waals surface area contributed by atoms with E-state index in [0.717, 1.165) is 48.3 Å². The highest BCUT2D eigenvalue weighted by Gasteiger charge is 2.35. The van der Waals surface area contributed by atoms with Crippen molar-refractivity contribution in [2.24, 2.45) is 5.92 Å². The molecule has 172 valence electrons. The summed E-state index contributed by atoms with van der Waals surface area (Å²) in [5, 5.41) is 8.16. The lowest BCUT2D eigenvalue weighted by atomic mass is 9.82. The first-order valence-corrected chi connectivity index (χ1v) is 12.5. The zero-order valence-corrected chi connectivity index (χ0v) is 18.8. The molecule has 1 aliphatic carbocycles. The molecule has 4 N–H and O–H groups in total. The minimum absolute atomic E-state index is 0.0119. The SMILES string of the molecule is C[C@@H]1CCCC[C@H](Oc2cc(F)c(S(=O)(=O)Nc3cscn3)c(F)c2)[C@H]1c1c[nH]nc1N. The van der Waals surface area contributed by atoms with Crippen molar-refractivity contribution in [1.29, 1.82) is 0 Å². The Morgan fingerprint density at radius 3 is 2.59 bits per heavy atom. The molecule has 3 atom stereocenters. The first-order chi connectivity index (χ1) is 15.3. The quantitative estimate of drug-likeness (QED) is 0.450. The third kappa shape index (κ3) is 4.56. The summed E-state index contributed by atoms with van der Waals surface area (Å²) >= 11 is 1.15. The molecule has 0 spiro atoms. The van der Waals surface area contributed by atoms with Crippen molar-refractivity contribution >= 4 is 33.0 Å². The van der Waals surface area contributed by atoms with Crippen LogP contribution in [-0.2, 0) is 10.0 Å². The van der Waals surface area contributed by atoms with Crippen LogP contribution in [0.4, 0.5) is 20.4 Å². The van der Waals surface area contributed by atoms with Crippen LogP contribution < -0.4 is 15.2 Å². The van der Waals surface area contributed by atoms with Crippen molar-refractivity contribution in [3.63, 3.8) is 0 Å². The number of rotatable bonds is 6. The molecule has 1 aliphatic rings. The van der Waals surface area contributed by atoms with Gasteiger partial charge in [-0.25, -0.2) is 22.2 Å². The fourth-order valence-corrected chi connectivity index (χ4v) is 5.92. The van der Waals surface area contributed by atoms with E-state index in [2.05, 4.69) is 26.8 Å². The van der Waals surface area contributed by atoms with E-state index < -0.39 is 32.7 Å². The Morgan fingerprint density at radius 2 is 1.97 bits per heavy atom. The topological polar surface area (TPSA) is 123 Å². The summed E-state index contributed by atoms with van der Waals surface area (Å²) in [5.41, 5.74) is 8.22. The second kappa shape index (κ2) is 9.02. The Labute approximate surface area is 188 Å². The van der Waals surface area contributed by atoms with E-state index in [9.17, 15) is 17.2 Å². The highest BCUT2D eigenvalue weighted by Crippen LogP contribution is 2.40. The van der Waals surface area contributed by atoms with Gasteiger partial charge in [0.25, 0.3) is 10.0 Å². The summed E-state index contributed by atoms with van der Waals surface area (Å²) in [6.45, 7) is 2.08. The van der Waals surface area contributed by atoms with E-state index in [1.807, 2.05) is 0 Å². The zero-order chi connectivity index (χ0) is 22.9. The summed E-state index contributed by atoms with van der Waals surface area (Å²) in [4.78, 5) is 2.70. The number of aromatic nitrogens is 3. The van der Waals surface area contributed by atoms with Gasteiger partial charge in [0.2, 0.25) is 0 Å². The second-order valence-electron chi connectivity index (χ2n) is 7.86. The number of benzene rings is 1. The second-order valence-corrected chi connectivity index (χ2v) is 10.2. The molecule has 12 heteroatoms. The van der Waals surface area contributed by atoms with Crippen molar-refractivity contribution in [3.05, 3.63) is 46.4 Å². The van der Waals surface area contributed by atoms with E-state index in [-0.39, 0.29) is 23.4 Å². The van der Waals surface area contributed by atoms with E-state index in [1.54, 1.807) is 6.20 Å². The molecule has 0 aliphatic heterocycles. The number of hydrogen-bond donors (Lipinski definition) is 3. The van der Waals surface area contributed by atoms with Gasteiger partial charge in [0.05, 0.1) is 5.51 Å². The average Bonchev–Trinajstić information content (AvgIpc) is 3.32. The van der Waals surface area contributed by atoms with Gasteiger partial charge in [-0.1, -0.05) is 13.3 Å². The maximum absolute atomic E-state index is 14.8. The van der Waals surface area contributed by atoms with Crippen LogP contribution >= 0.6 is 11.3 Å². The fourth-order valence-electron chi connectivity index (χ4n) is 4.24. The summed E-state index contributed by atoms with van der Waals surface area (Å²) < 4.78 is 62.6. The number of ether oxygens (including phenoxy) is 1. The minimum Gasteiger partial charge on any atom is -0.490 e. The number of sulfonamides is 1. The van der Waals surface area contributed by atoms with Crippen molar-refractivity contribution < 1.29 is 21.9 Å². The molecule has 1 saturated carbocycles. The molecule has 32 heavy (non-hydrogen) atoms. The lowest BCUT2D eigenvalue weighted by Crippen LogP contribution is -2.29. The van der Waals surface area contributed by atoms with E-state index in [0.29, 0.717) is 12.2 Å². The summed E-state index contributed by atoms with van der Waals surface area (Å²) in [5.74, 6) is -2.14. The monoisotopic (exact) mass is 483 g/mol. The van der Waals surface area contributed by atoms with Crippen molar-refractivity contribution in [1.82, 2.24) is 15.2 Å². The van der Waals surface area contributed by atoms with Gasteiger partial charge < -0.3 is 10.5 Å². The smallest absolute Gasteiger partial charge is 0.268 e. The number of nitrogens with one attached hydrogen (secondary N) is 2. The predicted octanol–water partition coefficient (Wildman–Crippen LogP) is 4.27. The van der Waals surface area contributed by atoms with Gasteiger partial charge in [0, 0.05) is 35.2 Å². The third-order valence-corrected chi connectivity index (χ3v) is 7.66. The van der Waals surface area contributed by atoms with Gasteiger partial charge in [-0.15, -0.1) is 11.3 Å². The number of nitrogens with two attached hydrogens (primary N) is 1. The molecule has 0 radical (unpaired) electrons. The molecule has 2 heterocycles. The molecule has 2 aromatic heterocycles. The molecule has 8 nitrogen and oxygen atoms in total. The molecule has 0 saturated heterocycles. The van der Waals surface area contributed by atoms with Crippen LogP contribution in [-0.4, -0.2) is 29.7 Å². The van der Waals surface area contributed by atoms with Crippen LogP contribution in [0.5, 0.6) is 5.75 Å². The van der Waals surface area contributed by atoms with Crippen LogP contribution in [0.25, 0.3) is 0 Å². The fraction of sp³-hybridized carbons (Fsp3) is 0.400. The molecule has 1 aromatic carbocycles. The number of halogens is 2. The number of aromatic amines is 1. The van der Waals surface area contributed by atoms with E-state index in [4.69, 9.17) is 10.5 Å². The Kier molecular flexibility index (Phi) is 6.33. The van der Waals surface area contributed by atoms with Crippen LogP contribution in [0.15, 0.2) is 34.1 Å². The van der Waals surface area contributed by atoms with Crippen molar-refractivity contribution in [3.8, 4) is 5.75 Å². The number of H-pyrrole nitrogens is 1. The Hall–Kier alpha value is -2.73. The molecule has 0 amide bonds. The van der Waals surface area contributed by atoms with Gasteiger partial charge in [-0.05, 0) is 25.2 Å². The van der Waals surface area contributed by atoms with Gasteiger partial charge in [-0.2, -0.15) is 5.10 Å². The van der Waals surface area contributed by atoms with Gasteiger partial charge in [-0.3, -0.25) is 9.82 Å². The first kappa shape index (κ1) is 22.5. The van der Waals surface area contributed by atoms with E-state index >= 15 is 0 Å². The Morgan fingerprint density at radius 1 is 1.25 bits per heavy atom. The molecule has 0 bridgehead atoms. The molecular formula is C20H23F2N5O3S2. The highest BCUT2D eigenvalue weighted by atomic mass is 32.2. The number of nitrogens with zero attached hydrogens (tertiary/aromatic N) is 2. The minimum atomic E-state index is -4.50. The van der Waals surface area contributed by atoms with Crippen LogP contribution in [0.2, 0.25) is 0 Å². The average molecular weight is 484 g/mol. The van der Waals surface area contributed by atoms with Gasteiger partial charge >= 0.3 is 0 Å². The Bertz CT molecular complexity index is 1160. The number of nitrogen functional groups attached to an aromatic ring is 1. The number of anilines is 2. The lowest BCUT2D eigenvalue weighted by Gasteiger charge is -2.30. The molecule has 4 rings (SSSR count). The summed E-state index contributed by atoms with van der Waals surface area (Å²) in [6, 6.07) is 1.79. The largest absolute Gasteiger partial charge is 0.490 e. The van der Waals surface area contributed by atoms with Gasteiger partial charge in [0.15, 0.2) is 10.7 Å². The molecule has 0 unspecified atom stereocenters. The molecule has 1 fully saturated rings. The normalized spacial score (nSPS) is 21.8. The maximum Gasteiger partial charge on any atom is 0.268 e. The third-order valence-electron chi connectivity index (χ3n) is 5.67. The first-order valence-electron chi connectivity index (χ1n) is 10.1.